The molecule has 0 spiro atoms. The Balaban J connectivity index is 2.37. The number of nitrogens with one attached hydrogen (secondary N) is 1. The molecule has 0 bridgehead atoms. The Morgan fingerprint density at radius 2 is 1.73 bits per heavy atom. The predicted octanol–water partition coefficient (Wildman–Crippen LogP) is 2.90. The van der Waals surface area contributed by atoms with Crippen LogP contribution in [0.4, 0.5) is 5.69 Å². The molecule has 2 rings (SSSR count). The van der Waals surface area contributed by atoms with Crippen molar-refractivity contribution in [2.45, 2.75) is 11.4 Å². The van der Waals surface area contributed by atoms with Gasteiger partial charge in [-0.3, -0.25) is 4.79 Å². The van der Waals surface area contributed by atoms with E-state index < -0.39 is 15.9 Å². The quantitative estimate of drug-likeness (QED) is 0.816. The molecule has 6 nitrogen and oxygen atoms in total. The van der Waals surface area contributed by atoms with E-state index in [1.165, 1.54) is 32.3 Å². The fourth-order valence-corrected chi connectivity index (χ4v) is 3.49. The maximum absolute atomic E-state index is 12.7. The first-order valence-corrected chi connectivity index (χ1v) is 9.71. The lowest BCUT2D eigenvalue weighted by molar-refractivity contribution is 0.102. The highest BCUT2D eigenvalue weighted by Gasteiger charge is 2.21. The van der Waals surface area contributed by atoms with E-state index in [1.807, 2.05) is 37.2 Å². The molecule has 8 heteroatoms. The fraction of sp³-hybridized carbons (Fsp3) is 0.278. The van der Waals surface area contributed by atoms with Crippen molar-refractivity contribution in [3.63, 3.8) is 0 Å². The van der Waals surface area contributed by atoms with E-state index in [2.05, 4.69) is 5.32 Å². The average molecular weight is 396 g/mol. The topological polar surface area (TPSA) is 69.7 Å². The third-order valence-corrected chi connectivity index (χ3v) is 5.85. The fourth-order valence-electron chi connectivity index (χ4n) is 2.36. The van der Waals surface area contributed by atoms with Gasteiger partial charge in [0.15, 0.2) is 0 Å². The lowest BCUT2D eigenvalue weighted by Crippen LogP contribution is -2.23. The van der Waals surface area contributed by atoms with Crippen LogP contribution in [0.1, 0.15) is 15.9 Å². The number of hydrogen-bond acceptors (Lipinski definition) is 4. The molecule has 1 amide bonds. The Hall–Kier alpha value is -1.93. The van der Waals surface area contributed by atoms with Crippen LogP contribution in [0, 0.1) is 0 Å². The molecule has 0 aliphatic carbocycles. The molecule has 1 N–H and O–H groups in total. The van der Waals surface area contributed by atoms with Gasteiger partial charge in [-0.2, -0.15) is 0 Å². The molecule has 0 aromatic heterocycles. The number of anilines is 1. The SMILES string of the molecule is CN(C)Cc1ccccc1NC(=O)c1cc(S(=O)(=O)N(C)C)ccc1Cl. The number of halogens is 1. The zero-order chi connectivity index (χ0) is 19.5. The van der Waals surface area contributed by atoms with E-state index in [1.54, 1.807) is 6.07 Å². The van der Waals surface area contributed by atoms with Gasteiger partial charge in [0.1, 0.15) is 0 Å². The summed E-state index contributed by atoms with van der Waals surface area (Å²) in [6.45, 7) is 0.652. The smallest absolute Gasteiger partial charge is 0.257 e. The molecule has 0 radical (unpaired) electrons. The molecule has 0 atom stereocenters. The van der Waals surface area contributed by atoms with Gasteiger partial charge in [0.05, 0.1) is 15.5 Å². The number of carbonyl (C=O) groups is 1. The second-order valence-electron chi connectivity index (χ2n) is 6.28. The van der Waals surface area contributed by atoms with E-state index in [0.717, 1.165) is 9.87 Å². The Morgan fingerprint density at radius 1 is 1.08 bits per heavy atom. The Bertz CT molecular complexity index is 912. The van der Waals surface area contributed by atoms with Crippen LogP contribution in [0.2, 0.25) is 5.02 Å². The van der Waals surface area contributed by atoms with Crippen molar-refractivity contribution in [3.8, 4) is 0 Å². The van der Waals surface area contributed by atoms with E-state index in [-0.39, 0.29) is 15.5 Å². The summed E-state index contributed by atoms with van der Waals surface area (Å²) in [7, 11) is 3.08. The first-order chi connectivity index (χ1) is 12.1. The van der Waals surface area contributed by atoms with E-state index in [0.29, 0.717) is 12.2 Å². The standard InChI is InChI=1S/C18H22ClN3O3S/c1-21(2)12-13-7-5-6-8-17(13)20-18(23)15-11-14(9-10-16(15)19)26(24,25)22(3)4/h5-11H,12H2,1-4H3,(H,20,23). The number of benzene rings is 2. The maximum Gasteiger partial charge on any atom is 0.257 e. The van der Waals surface area contributed by atoms with Crippen LogP contribution in [-0.2, 0) is 16.6 Å². The van der Waals surface area contributed by atoms with Crippen LogP contribution in [0.5, 0.6) is 0 Å². The molecule has 0 heterocycles. The van der Waals surface area contributed by atoms with Crippen molar-refractivity contribution < 1.29 is 13.2 Å². The third-order valence-electron chi connectivity index (χ3n) is 3.71. The largest absolute Gasteiger partial charge is 0.322 e. The van der Waals surface area contributed by atoms with Crippen molar-refractivity contribution in [3.05, 3.63) is 58.6 Å². The summed E-state index contributed by atoms with van der Waals surface area (Å²) in [4.78, 5) is 14.7. The van der Waals surface area contributed by atoms with Crippen LogP contribution in [0.15, 0.2) is 47.4 Å². The summed E-state index contributed by atoms with van der Waals surface area (Å²) in [5.41, 5.74) is 1.71. The lowest BCUT2D eigenvalue weighted by atomic mass is 10.1. The highest BCUT2D eigenvalue weighted by atomic mass is 35.5. The second kappa shape index (κ2) is 8.18. The molecule has 26 heavy (non-hydrogen) atoms. The molecule has 0 saturated carbocycles. The molecule has 0 aliphatic rings. The van der Waals surface area contributed by atoms with Gasteiger partial charge in [0.2, 0.25) is 10.0 Å². The van der Waals surface area contributed by atoms with Crippen molar-refractivity contribution in [1.29, 1.82) is 0 Å². The molecular weight excluding hydrogens is 374 g/mol. The highest BCUT2D eigenvalue weighted by Crippen LogP contribution is 2.24. The Morgan fingerprint density at radius 3 is 2.35 bits per heavy atom. The van der Waals surface area contributed by atoms with Gasteiger partial charge >= 0.3 is 0 Å². The summed E-state index contributed by atoms with van der Waals surface area (Å²) in [6, 6.07) is 11.5. The first-order valence-electron chi connectivity index (χ1n) is 7.89. The van der Waals surface area contributed by atoms with Gasteiger partial charge in [0, 0.05) is 26.3 Å². The first kappa shape index (κ1) is 20.4. The van der Waals surface area contributed by atoms with Gasteiger partial charge in [-0.15, -0.1) is 0 Å². The molecule has 0 fully saturated rings. The van der Waals surface area contributed by atoms with Crippen molar-refractivity contribution in [2.24, 2.45) is 0 Å². The number of amides is 1. The third kappa shape index (κ3) is 4.62. The highest BCUT2D eigenvalue weighted by molar-refractivity contribution is 7.89. The molecule has 0 unspecified atom stereocenters. The maximum atomic E-state index is 12.7. The molecule has 140 valence electrons. The molecule has 2 aromatic carbocycles. The number of carbonyl (C=O) groups excluding carboxylic acids is 1. The molecule has 0 saturated heterocycles. The normalized spacial score (nSPS) is 11.8. The minimum Gasteiger partial charge on any atom is -0.322 e. The van der Waals surface area contributed by atoms with Crippen molar-refractivity contribution in [1.82, 2.24) is 9.21 Å². The van der Waals surface area contributed by atoms with Gasteiger partial charge in [-0.1, -0.05) is 29.8 Å². The number of hydrogen-bond donors (Lipinski definition) is 1. The number of para-hydroxylation sites is 1. The van der Waals surface area contributed by atoms with E-state index in [4.69, 9.17) is 11.6 Å². The monoisotopic (exact) mass is 395 g/mol. The van der Waals surface area contributed by atoms with Crippen LogP contribution in [0.25, 0.3) is 0 Å². The van der Waals surface area contributed by atoms with Crippen LogP contribution >= 0.6 is 11.6 Å². The summed E-state index contributed by atoms with van der Waals surface area (Å²) < 4.78 is 25.7. The van der Waals surface area contributed by atoms with Gasteiger partial charge in [-0.05, 0) is 43.9 Å². The van der Waals surface area contributed by atoms with Crippen LogP contribution in [0.3, 0.4) is 0 Å². The van der Waals surface area contributed by atoms with Crippen LogP contribution in [-0.4, -0.2) is 51.7 Å². The van der Waals surface area contributed by atoms with Crippen LogP contribution < -0.4 is 5.32 Å². The number of rotatable bonds is 6. The summed E-state index contributed by atoms with van der Waals surface area (Å²) in [5, 5.41) is 3.01. The summed E-state index contributed by atoms with van der Waals surface area (Å²) in [6.07, 6.45) is 0. The zero-order valence-corrected chi connectivity index (χ0v) is 16.7. The Kier molecular flexibility index (Phi) is 6.41. The van der Waals surface area contributed by atoms with E-state index >= 15 is 0 Å². The Labute approximate surface area is 159 Å². The summed E-state index contributed by atoms with van der Waals surface area (Å²) >= 11 is 6.13. The number of nitrogens with zero attached hydrogens (tertiary/aromatic N) is 2. The minimum absolute atomic E-state index is 0.0126. The van der Waals surface area contributed by atoms with Gasteiger partial charge in [0.25, 0.3) is 5.91 Å². The van der Waals surface area contributed by atoms with E-state index in [9.17, 15) is 13.2 Å². The second-order valence-corrected chi connectivity index (χ2v) is 8.84. The van der Waals surface area contributed by atoms with Crippen molar-refractivity contribution in [2.75, 3.05) is 33.5 Å². The molecule has 0 aliphatic heterocycles. The van der Waals surface area contributed by atoms with Crippen molar-refractivity contribution >= 4 is 33.2 Å². The lowest BCUT2D eigenvalue weighted by Gasteiger charge is -2.16. The molecule has 2 aromatic rings. The van der Waals surface area contributed by atoms with Gasteiger partial charge < -0.3 is 10.2 Å². The number of sulfonamides is 1. The predicted molar refractivity (Wildman–Crippen MR) is 104 cm³/mol. The molecular formula is C18H22ClN3O3S. The summed E-state index contributed by atoms with van der Waals surface area (Å²) in [5.74, 6) is -0.461. The zero-order valence-electron chi connectivity index (χ0n) is 15.2. The average Bonchev–Trinajstić information content (AvgIpc) is 2.56. The minimum atomic E-state index is -3.66. The van der Waals surface area contributed by atoms with Gasteiger partial charge in [-0.25, -0.2) is 12.7 Å².